The fourth-order valence-corrected chi connectivity index (χ4v) is 2.64. The normalized spacial score (nSPS) is 11.9. The second kappa shape index (κ2) is 7.88. The van der Waals surface area contributed by atoms with E-state index < -0.39 is 41.1 Å². The number of hydrogen-bond donors (Lipinski definition) is 2. The van der Waals surface area contributed by atoms with E-state index in [0.717, 1.165) is 0 Å². The van der Waals surface area contributed by atoms with Gasteiger partial charge in [0.1, 0.15) is 0 Å². The summed E-state index contributed by atoms with van der Waals surface area (Å²) in [6.45, 7) is 0. The van der Waals surface area contributed by atoms with Crippen LogP contribution in [0.25, 0.3) is 0 Å². The van der Waals surface area contributed by atoms with E-state index >= 15 is 0 Å². The highest BCUT2D eigenvalue weighted by Gasteiger charge is 2.37. The lowest BCUT2D eigenvalue weighted by atomic mass is 10.1. The number of amides is 3. The van der Waals surface area contributed by atoms with Crippen LogP contribution in [-0.4, -0.2) is 11.9 Å². The molecule has 0 unspecified atom stereocenters. The van der Waals surface area contributed by atoms with Crippen molar-refractivity contribution >= 4 is 40.8 Å². The molecule has 12 heteroatoms. The third kappa shape index (κ3) is 5.29. The molecule has 28 heavy (non-hydrogen) atoms. The summed E-state index contributed by atoms with van der Waals surface area (Å²) >= 11 is 11.6. The number of benzene rings is 2. The largest absolute Gasteiger partial charge is 0.416 e. The highest BCUT2D eigenvalue weighted by Crippen LogP contribution is 2.37. The minimum absolute atomic E-state index is 0.0995. The van der Waals surface area contributed by atoms with Crippen molar-refractivity contribution in [3.63, 3.8) is 0 Å². The van der Waals surface area contributed by atoms with Crippen LogP contribution in [0.3, 0.4) is 0 Å². The molecule has 0 aromatic heterocycles. The molecule has 0 fully saturated rings. The first-order valence-electron chi connectivity index (χ1n) is 7.15. The van der Waals surface area contributed by atoms with E-state index in [1.54, 1.807) is 10.6 Å². The number of carbonyl (C=O) groups excluding carboxylic acids is 2. The Bertz CT molecular complexity index is 876. The van der Waals surface area contributed by atoms with Crippen molar-refractivity contribution in [2.45, 2.75) is 12.4 Å². The van der Waals surface area contributed by atoms with E-state index in [0.29, 0.717) is 12.1 Å². The van der Waals surface area contributed by atoms with E-state index in [2.05, 4.69) is 0 Å². The van der Waals surface area contributed by atoms with Gasteiger partial charge in [0.25, 0.3) is 5.91 Å². The number of alkyl halides is 6. The number of halogens is 8. The minimum atomic E-state index is -5.09. The van der Waals surface area contributed by atoms with Crippen molar-refractivity contribution in [3.05, 3.63) is 63.1 Å². The van der Waals surface area contributed by atoms with Gasteiger partial charge in [0.2, 0.25) is 0 Å². The maximum atomic E-state index is 12.8. The minimum Gasteiger partial charge on any atom is -0.308 e. The van der Waals surface area contributed by atoms with Gasteiger partial charge < -0.3 is 5.32 Å². The van der Waals surface area contributed by atoms with Crippen LogP contribution in [0.15, 0.2) is 36.4 Å². The van der Waals surface area contributed by atoms with Gasteiger partial charge in [0, 0.05) is 5.69 Å². The van der Waals surface area contributed by atoms with Gasteiger partial charge in [-0.1, -0.05) is 29.3 Å². The van der Waals surface area contributed by atoms with Gasteiger partial charge in [-0.2, -0.15) is 26.3 Å². The molecule has 0 radical (unpaired) electrons. The number of rotatable bonds is 2. The molecule has 2 aromatic carbocycles. The maximum Gasteiger partial charge on any atom is 0.416 e. The molecule has 0 aliphatic rings. The topological polar surface area (TPSA) is 58.2 Å². The number of anilines is 1. The van der Waals surface area contributed by atoms with Crippen molar-refractivity contribution in [1.29, 1.82) is 0 Å². The standard InChI is InChI=1S/C16H8Cl2F6N2O2/c17-10-2-1-3-11(18)12(10)13(27)26-14(28)25-9-5-7(15(19,20)21)4-8(6-9)16(22,23)24/h1-6H,(H2,25,26,27,28). The van der Waals surface area contributed by atoms with E-state index in [-0.39, 0.29) is 21.7 Å². The summed E-state index contributed by atoms with van der Waals surface area (Å²) in [5.41, 5.74) is -4.37. The molecule has 2 N–H and O–H groups in total. The number of hydrogen-bond acceptors (Lipinski definition) is 2. The van der Waals surface area contributed by atoms with Gasteiger partial charge in [-0.15, -0.1) is 0 Å². The summed E-state index contributed by atoms with van der Waals surface area (Å²) in [5, 5.41) is 3.24. The van der Waals surface area contributed by atoms with Crippen LogP contribution in [-0.2, 0) is 12.4 Å². The Morgan fingerprint density at radius 3 is 1.71 bits per heavy atom. The zero-order chi connectivity index (χ0) is 21.3. The molecule has 150 valence electrons. The van der Waals surface area contributed by atoms with Gasteiger partial charge in [0.05, 0.1) is 26.7 Å². The summed E-state index contributed by atoms with van der Waals surface area (Å²) in [6.07, 6.45) is -10.2. The predicted octanol–water partition coefficient (Wildman–Crippen LogP) is 5.99. The lowest BCUT2D eigenvalue weighted by molar-refractivity contribution is -0.143. The van der Waals surface area contributed by atoms with E-state index in [4.69, 9.17) is 23.2 Å². The molecule has 0 saturated heterocycles. The summed E-state index contributed by atoms with van der Waals surface area (Å²) in [6, 6.07) is 3.11. The Labute approximate surface area is 163 Å². The van der Waals surface area contributed by atoms with Crippen LogP contribution in [0.1, 0.15) is 21.5 Å². The first-order chi connectivity index (χ1) is 12.8. The van der Waals surface area contributed by atoms with Gasteiger partial charge in [-0.05, 0) is 30.3 Å². The first-order valence-corrected chi connectivity index (χ1v) is 7.90. The van der Waals surface area contributed by atoms with E-state index in [1.165, 1.54) is 18.2 Å². The van der Waals surface area contributed by atoms with Gasteiger partial charge in [-0.3, -0.25) is 10.1 Å². The van der Waals surface area contributed by atoms with Crippen molar-refractivity contribution in [2.24, 2.45) is 0 Å². The number of carbonyl (C=O) groups is 2. The Morgan fingerprint density at radius 1 is 0.821 bits per heavy atom. The number of urea groups is 1. The molecule has 3 amide bonds. The summed E-state index contributed by atoms with van der Waals surface area (Å²) in [7, 11) is 0. The third-order valence-corrected chi connectivity index (χ3v) is 3.89. The van der Waals surface area contributed by atoms with Gasteiger partial charge in [0.15, 0.2) is 0 Å². The molecule has 0 bridgehead atoms. The SMILES string of the molecule is O=C(NC(=O)c1c(Cl)cccc1Cl)Nc1cc(C(F)(F)F)cc(C(F)(F)F)c1. The van der Waals surface area contributed by atoms with Crippen molar-refractivity contribution < 1.29 is 35.9 Å². The van der Waals surface area contributed by atoms with Crippen LogP contribution >= 0.6 is 23.2 Å². The van der Waals surface area contributed by atoms with E-state index in [1.807, 2.05) is 0 Å². The smallest absolute Gasteiger partial charge is 0.308 e. The quantitative estimate of drug-likeness (QED) is 0.558. The Balaban J connectivity index is 2.27. The van der Waals surface area contributed by atoms with Crippen LogP contribution < -0.4 is 10.6 Å². The summed E-state index contributed by atoms with van der Waals surface area (Å²) < 4.78 is 76.9. The fraction of sp³-hybridized carbons (Fsp3) is 0.125. The average Bonchev–Trinajstić information content (AvgIpc) is 2.52. The van der Waals surface area contributed by atoms with Crippen molar-refractivity contribution in [2.75, 3.05) is 5.32 Å². The molecule has 0 heterocycles. The molecular weight excluding hydrogens is 437 g/mol. The van der Waals surface area contributed by atoms with Crippen molar-refractivity contribution in [3.8, 4) is 0 Å². The predicted molar refractivity (Wildman–Crippen MR) is 89.4 cm³/mol. The van der Waals surface area contributed by atoms with Gasteiger partial charge in [-0.25, -0.2) is 4.79 Å². The molecule has 4 nitrogen and oxygen atoms in total. The molecule has 0 saturated carbocycles. The third-order valence-electron chi connectivity index (χ3n) is 3.26. The first kappa shape index (κ1) is 21.8. The number of nitrogens with one attached hydrogen (secondary N) is 2. The van der Waals surface area contributed by atoms with Crippen LogP contribution in [0.4, 0.5) is 36.8 Å². The average molecular weight is 445 g/mol. The molecule has 0 atom stereocenters. The van der Waals surface area contributed by atoms with Crippen LogP contribution in [0, 0.1) is 0 Å². The number of imide groups is 1. The molecule has 0 spiro atoms. The summed E-state index contributed by atoms with van der Waals surface area (Å²) in [5.74, 6) is -1.10. The second-order valence-corrected chi connectivity index (χ2v) is 6.11. The highest BCUT2D eigenvalue weighted by atomic mass is 35.5. The Kier molecular flexibility index (Phi) is 6.15. The fourth-order valence-electron chi connectivity index (χ4n) is 2.07. The lowest BCUT2D eigenvalue weighted by Crippen LogP contribution is -2.34. The summed E-state index contributed by atoms with van der Waals surface area (Å²) in [4.78, 5) is 23.9. The zero-order valence-electron chi connectivity index (χ0n) is 13.3. The molecule has 2 rings (SSSR count). The van der Waals surface area contributed by atoms with Crippen molar-refractivity contribution in [1.82, 2.24) is 5.32 Å². The second-order valence-electron chi connectivity index (χ2n) is 5.30. The Morgan fingerprint density at radius 2 is 1.29 bits per heavy atom. The van der Waals surface area contributed by atoms with Gasteiger partial charge >= 0.3 is 18.4 Å². The van der Waals surface area contributed by atoms with Crippen LogP contribution in [0.2, 0.25) is 10.0 Å². The highest BCUT2D eigenvalue weighted by molar-refractivity contribution is 6.40. The Hall–Kier alpha value is -2.46. The molecule has 0 aliphatic carbocycles. The van der Waals surface area contributed by atoms with Crippen LogP contribution in [0.5, 0.6) is 0 Å². The molecule has 2 aromatic rings. The van der Waals surface area contributed by atoms with E-state index in [9.17, 15) is 35.9 Å². The maximum absolute atomic E-state index is 12.8. The zero-order valence-corrected chi connectivity index (χ0v) is 14.8. The molecular formula is C16H8Cl2F6N2O2. The lowest BCUT2D eigenvalue weighted by Gasteiger charge is -2.15. The monoisotopic (exact) mass is 444 g/mol. The molecule has 0 aliphatic heterocycles.